The van der Waals surface area contributed by atoms with Gasteiger partial charge in [-0.25, -0.2) is 4.98 Å². The summed E-state index contributed by atoms with van der Waals surface area (Å²) in [5, 5.41) is 2.95. The van der Waals surface area contributed by atoms with Crippen molar-refractivity contribution in [2.24, 2.45) is 11.8 Å². The van der Waals surface area contributed by atoms with Crippen LogP contribution in [0.3, 0.4) is 0 Å². The maximum atomic E-state index is 13.0. The molecule has 2 amide bonds. The Hall–Kier alpha value is -3.41. The Kier molecular flexibility index (Phi) is 7.69. The van der Waals surface area contributed by atoms with Crippen molar-refractivity contribution in [3.8, 4) is 16.9 Å². The van der Waals surface area contributed by atoms with Gasteiger partial charge in [0.25, 0.3) is 0 Å². The minimum atomic E-state index is -0.264. The van der Waals surface area contributed by atoms with Crippen LogP contribution in [-0.2, 0) is 9.59 Å². The maximum absolute atomic E-state index is 13.0. The number of carbonyl (C=O) groups is 2. The largest absolute Gasteiger partial charge is 0.333 e. The molecule has 0 saturated heterocycles. The highest BCUT2D eigenvalue weighted by molar-refractivity contribution is 5.94. The van der Waals surface area contributed by atoms with Gasteiger partial charge in [-0.05, 0) is 43.0 Å². The van der Waals surface area contributed by atoms with Crippen molar-refractivity contribution in [1.82, 2.24) is 14.5 Å². The highest BCUT2D eigenvalue weighted by Crippen LogP contribution is 2.25. The average molecular weight is 447 g/mol. The number of rotatable bonds is 8. The van der Waals surface area contributed by atoms with Crippen molar-refractivity contribution in [1.29, 1.82) is 0 Å². The summed E-state index contributed by atoms with van der Waals surface area (Å²) in [6.07, 6.45) is 1.93. The van der Waals surface area contributed by atoms with Gasteiger partial charge in [-0.1, -0.05) is 64.1 Å². The molecule has 1 heterocycles. The van der Waals surface area contributed by atoms with Gasteiger partial charge in [0.05, 0.1) is 12.2 Å². The number of hydrogen-bond donors (Lipinski definition) is 1. The summed E-state index contributed by atoms with van der Waals surface area (Å²) >= 11 is 0. The molecule has 0 aliphatic heterocycles. The number of amides is 2. The molecule has 1 aromatic heterocycles. The molecule has 0 fully saturated rings. The summed E-state index contributed by atoms with van der Waals surface area (Å²) in [5.41, 5.74) is 5.00. The second-order valence-corrected chi connectivity index (χ2v) is 9.27. The van der Waals surface area contributed by atoms with E-state index in [0.29, 0.717) is 12.5 Å². The predicted molar refractivity (Wildman–Crippen MR) is 133 cm³/mol. The normalized spacial score (nSPS) is 11.2. The number of hydrogen-bond acceptors (Lipinski definition) is 3. The van der Waals surface area contributed by atoms with Crippen LogP contribution >= 0.6 is 0 Å². The number of nitrogens with one attached hydrogen (secondary N) is 1. The molecular weight excluding hydrogens is 412 g/mol. The van der Waals surface area contributed by atoms with E-state index in [9.17, 15) is 9.59 Å². The smallest absolute Gasteiger partial charge is 0.246 e. The van der Waals surface area contributed by atoms with Crippen LogP contribution in [0.5, 0.6) is 0 Å². The minimum absolute atomic E-state index is 0.00432. The Labute approximate surface area is 196 Å². The summed E-state index contributed by atoms with van der Waals surface area (Å²) in [7, 11) is 0. The molecule has 0 spiro atoms. The van der Waals surface area contributed by atoms with E-state index < -0.39 is 0 Å². The lowest BCUT2D eigenvalue weighted by Gasteiger charge is -2.25. The number of benzene rings is 2. The van der Waals surface area contributed by atoms with Gasteiger partial charge < -0.3 is 4.90 Å². The number of anilines is 1. The number of imidazole rings is 1. The van der Waals surface area contributed by atoms with Crippen LogP contribution in [0.1, 0.15) is 38.8 Å². The van der Waals surface area contributed by atoms with Crippen molar-refractivity contribution >= 4 is 17.8 Å². The summed E-state index contributed by atoms with van der Waals surface area (Å²) in [4.78, 5) is 32.0. The van der Waals surface area contributed by atoms with Crippen LogP contribution in [0.2, 0.25) is 0 Å². The Morgan fingerprint density at radius 3 is 2.30 bits per heavy atom. The Morgan fingerprint density at radius 1 is 1.00 bits per heavy atom. The molecule has 0 atom stereocenters. The maximum Gasteiger partial charge on any atom is 0.246 e. The zero-order valence-corrected chi connectivity index (χ0v) is 20.4. The fourth-order valence-electron chi connectivity index (χ4n) is 3.66. The quantitative estimate of drug-likeness (QED) is 0.515. The third-order valence-corrected chi connectivity index (χ3v) is 5.52. The topological polar surface area (TPSA) is 67.2 Å². The molecule has 0 unspecified atom stereocenters. The average Bonchev–Trinajstić information content (AvgIpc) is 3.18. The van der Waals surface area contributed by atoms with E-state index in [-0.39, 0.29) is 30.2 Å². The van der Waals surface area contributed by atoms with Gasteiger partial charge in [-0.15, -0.1) is 0 Å². The molecule has 0 bridgehead atoms. The standard InChI is InChI=1S/C27H34N4O2/c1-18(2)15-30(26(33)19(3)4)17-25(32)29-27-28-24(22-10-8-7-9-11-22)16-31(27)23-13-12-20(5)21(6)14-23/h7-14,16,18-19H,15,17H2,1-6H3,(H,28,29,32). The van der Waals surface area contributed by atoms with E-state index in [1.54, 1.807) is 4.90 Å². The van der Waals surface area contributed by atoms with E-state index in [1.807, 2.05) is 74.9 Å². The molecular formula is C27H34N4O2. The summed E-state index contributed by atoms with van der Waals surface area (Å²) < 4.78 is 1.89. The fraction of sp³-hybridized carbons (Fsp3) is 0.370. The molecule has 6 nitrogen and oxygen atoms in total. The summed E-state index contributed by atoms with van der Waals surface area (Å²) in [6.45, 7) is 12.4. The second kappa shape index (κ2) is 10.5. The van der Waals surface area contributed by atoms with Crippen molar-refractivity contribution in [3.05, 3.63) is 65.9 Å². The predicted octanol–water partition coefficient (Wildman–Crippen LogP) is 5.24. The molecule has 6 heteroatoms. The molecule has 3 aromatic rings. The lowest BCUT2D eigenvalue weighted by Crippen LogP contribution is -2.42. The zero-order chi connectivity index (χ0) is 24.1. The SMILES string of the molecule is Cc1ccc(-n2cc(-c3ccccc3)nc2NC(=O)CN(CC(C)C)C(=O)C(C)C)cc1C. The minimum Gasteiger partial charge on any atom is -0.333 e. The van der Waals surface area contributed by atoms with E-state index in [4.69, 9.17) is 4.98 Å². The molecule has 0 aliphatic rings. The third-order valence-electron chi connectivity index (χ3n) is 5.52. The fourth-order valence-corrected chi connectivity index (χ4v) is 3.66. The molecule has 2 aromatic carbocycles. The molecule has 0 radical (unpaired) electrons. The lowest BCUT2D eigenvalue weighted by molar-refractivity contribution is -0.138. The van der Waals surface area contributed by atoms with Crippen molar-refractivity contribution in [2.75, 3.05) is 18.4 Å². The first-order valence-electron chi connectivity index (χ1n) is 11.5. The third kappa shape index (κ3) is 6.09. The van der Waals surface area contributed by atoms with Gasteiger partial charge in [0.15, 0.2) is 0 Å². The van der Waals surface area contributed by atoms with E-state index in [2.05, 4.69) is 31.3 Å². The molecule has 174 valence electrons. The Morgan fingerprint density at radius 2 is 1.70 bits per heavy atom. The number of aryl methyl sites for hydroxylation is 2. The first kappa shape index (κ1) is 24.2. The van der Waals surface area contributed by atoms with E-state index in [1.165, 1.54) is 5.56 Å². The first-order chi connectivity index (χ1) is 15.7. The van der Waals surface area contributed by atoms with Crippen molar-refractivity contribution in [2.45, 2.75) is 41.5 Å². The van der Waals surface area contributed by atoms with Crippen molar-refractivity contribution in [3.63, 3.8) is 0 Å². The van der Waals surface area contributed by atoms with Crippen LogP contribution in [0, 0.1) is 25.7 Å². The first-order valence-corrected chi connectivity index (χ1v) is 11.5. The van der Waals surface area contributed by atoms with Crippen LogP contribution in [-0.4, -0.2) is 39.4 Å². The molecule has 0 saturated carbocycles. The monoisotopic (exact) mass is 446 g/mol. The van der Waals surface area contributed by atoms with Crippen LogP contribution in [0.15, 0.2) is 54.7 Å². The highest BCUT2D eigenvalue weighted by atomic mass is 16.2. The van der Waals surface area contributed by atoms with E-state index >= 15 is 0 Å². The van der Waals surface area contributed by atoms with Crippen LogP contribution in [0.4, 0.5) is 5.95 Å². The zero-order valence-electron chi connectivity index (χ0n) is 20.4. The molecule has 33 heavy (non-hydrogen) atoms. The number of nitrogens with zero attached hydrogens (tertiary/aromatic N) is 3. The molecule has 0 aliphatic carbocycles. The van der Waals surface area contributed by atoms with Crippen LogP contribution < -0.4 is 5.32 Å². The van der Waals surface area contributed by atoms with Gasteiger partial charge in [0, 0.05) is 29.9 Å². The van der Waals surface area contributed by atoms with Crippen molar-refractivity contribution < 1.29 is 9.59 Å². The summed E-state index contributed by atoms with van der Waals surface area (Å²) in [6, 6.07) is 16.0. The lowest BCUT2D eigenvalue weighted by atomic mass is 10.1. The number of aromatic nitrogens is 2. The molecule has 3 rings (SSSR count). The molecule has 1 N–H and O–H groups in total. The van der Waals surface area contributed by atoms with Crippen LogP contribution in [0.25, 0.3) is 16.9 Å². The highest BCUT2D eigenvalue weighted by Gasteiger charge is 2.22. The second-order valence-electron chi connectivity index (χ2n) is 9.27. The Balaban J connectivity index is 1.93. The number of carbonyl (C=O) groups excluding carboxylic acids is 2. The van der Waals surface area contributed by atoms with Gasteiger partial charge in [0.1, 0.15) is 0 Å². The van der Waals surface area contributed by atoms with Gasteiger partial charge >= 0.3 is 0 Å². The van der Waals surface area contributed by atoms with E-state index in [0.717, 1.165) is 22.5 Å². The Bertz CT molecular complexity index is 1120. The van der Waals surface area contributed by atoms with Gasteiger partial charge in [-0.2, -0.15) is 0 Å². The van der Waals surface area contributed by atoms with Gasteiger partial charge in [0.2, 0.25) is 17.8 Å². The summed E-state index contributed by atoms with van der Waals surface area (Å²) in [5.74, 6) is 0.242. The van der Waals surface area contributed by atoms with Gasteiger partial charge in [-0.3, -0.25) is 19.5 Å².